The van der Waals surface area contributed by atoms with Crippen LogP contribution in [-0.2, 0) is 6.18 Å². The van der Waals surface area contributed by atoms with E-state index in [4.69, 9.17) is 17.3 Å². The Morgan fingerprint density at radius 2 is 2.00 bits per heavy atom. The minimum atomic E-state index is -4.36. The molecule has 0 amide bonds. The van der Waals surface area contributed by atoms with E-state index in [9.17, 15) is 13.2 Å². The molecule has 0 atom stereocenters. The molecule has 1 aromatic rings. The standard InChI is InChI=1S/C14H18F3N3OS/c15-14(16,17)11-2-1-3-12(10-11)18-13(22)20-6-4-19(5-7-20)8-9-21/h1-3,10,21H,4-9H2,(H,18,22)/p+1. The highest BCUT2D eigenvalue weighted by atomic mass is 32.1. The smallest absolute Gasteiger partial charge is 0.391 e. The normalized spacial score (nSPS) is 16.6. The van der Waals surface area contributed by atoms with Crippen LogP contribution in [0.15, 0.2) is 24.3 Å². The molecule has 1 fully saturated rings. The van der Waals surface area contributed by atoms with Crippen LogP contribution in [0.3, 0.4) is 0 Å². The number of thiocarbonyl (C=S) groups is 1. The number of alkyl halides is 3. The number of quaternary nitrogens is 1. The number of rotatable bonds is 3. The number of nitrogens with zero attached hydrogens (tertiary/aromatic N) is 1. The van der Waals surface area contributed by atoms with Crippen molar-refractivity contribution in [2.24, 2.45) is 0 Å². The van der Waals surface area contributed by atoms with Crippen LogP contribution in [-0.4, -0.2) is 54.4 Å². The molecule has 0 radical (unpaired) electrons. The van der Waals surface area contributed by atoms with Crippen LogP contribution < -0.4 is 10.2 Å². The third-order valence-corrected chi connectivity index (χ3v) is 4.02. The number of hydrogen-bond donors (Lipinski definition) is 3. The molecule has 0 aliphatic carbocycles. The molecule has 1 aliphatic heterocycles. The number of piperazine rings is 1. The van der Waals surface area contributed by atoms with Crippen molar-refractivity contribution in [2.45, 2.75) is 6.18 Å². The van der Waals surface area contributed by atoms with Gasteiger partial charge >= 0.3 is 6.18 Å². The maximum Gasteiger partial charge on any atom is 0.416 e. The van der Waals surface area contributed by atoms with Crippen LogP contribution in [0.1, 0.15) is 5.56 Å². The van der Waals surface area contributed by atoms with E-state index in [1.165, 1.54) is 11.0 Å². The van der Waals surface area contributed by atoms with E-state index in [0.717, 1.165) is 38.3 Å². The van der Waals surface area contributed by atoms with Gasteiger partial charge in [0.2, 0.25) is 0 Å². The first-order valence-corrected chi connectivity index (χ1v) is 7.48. The van der Waals surface area contributed by atoms with Gasteiger partial charge < -0.3 is 20.2 Å². The first-order valence-electron chi connectivity index (χ1n) is 7.08. The maximum atomic E-state index is 12.7. The van der Waals surface area contributed by atoms with E-state index < -0.39 is 11.7 Å². The van der Waals surface area contributed by atoms with Gasteiger partial charge in [-0.05, 0) is 30.4 Å². The predicted molar refractivity (Wildman–Crippen MR) is 81.9 cm³/mol. The SMILES string of the molecule is OCC[NH+]1CCN(C(=S)Nc2cccc(C(F)(F)F)c2)CC1. The zero-order valence-corrected chi connectivity index (χ0v) is 12.8. The average Bonchev–Trinajstić information content (AvgIpc) is 2.48. The van der Waals surface area contributed by atoms with Crippen molar-refractivity contribution in [3.8, 4) is 0 Å². The number of aliphatic hydroxyl groups excluding tert-OH is 1. The lowest BCUT2D eigenvalue weighted by Crippen LogP contribution is -3.15. The molecule has 0 spiro atoms. The summed E-state index contributed by atoms with van der Waals surface area (Å²) in [6, 6.07) is 5.01. The number of benzene rings is 1. The van der Waals surface area contributed by atoms with Gasteiger partial charge in [0.05, 0.1) is 38.3 Å². The Kier molecular flexibility index (Phi) is 5.60. The minimum absolute atomic E-state index is 0.155. The molecule has 8 heteroatoms. The molecule has 0 aromatic heterocycles. The molecule has 1 aliphatic rings. The van der Waals surface area contributed by atoms with E-state index in [1.54, 1.807) is 6.07 Å². The van der Waals surface area contributed by atoms with Crippen LogP contribution in [0.25, 0.3) is 0 Å². The fourth-order valence-corrected chi connectivity index (χ4v) is 2.71. The lowest BCUT2D eigenvalue weighted by atomic mass is 10.2. The molecule has 4 nitrogen and oxygen atoms in total. The Balaban J connectivity index is 1.93. The number of anilines is 1. The van der Waals surface area contributed by atoms with Crippen molar-refractivity contribution < 1.29 is 23.2 Å². The van der Waals surface area contributed by atoms with E-state index in [1.807, 2.05) is 4.90 Å². The van der Waals surface area contributed by atoms with Gasteiger partial charge in [0, 0.05) is 5.69 Å². The fourth-order valence-electron chi connectivity index (χ4n) is 2.41. The predicted octanol–water partition coefficient (Wildman–Crippen LogP) is 0.595. The molecule has 1 saturated heterocycles. The second-order valence-corrected chi connectivity index (χ2v) is 5.61. The molecule has 1 heterocycles. The second kappa shape index (κ2) is 7.26. The molecule has 22 heavy (non-hydrogen) atoms. The third-order valence-electron chi connectivity index (χ3n) is 3.66. The highest BCUT2D eigenvalue weighted by Gasteiger charge is 2.30. The fraction of sp³-hybridized carbons (Fsp3) is 0.500. The van der Waals surface area contributed by atoms with Gasteiger partial charge in [-0.1, -0.05) is 6.07 Å². The number of aliphatic hydroxyl groups is 1. The molecule has 2 rings (SSSR count). The number of nitrogens with one attached hydrogen (secondary N) is 2. The quantitative estimate of drug-likeness (QED) is 0.708. The van der Waals surface area contributed by atoms with Crippen molar-refractivity contribution in [1.29, 1.82) is 0 Å². The van der Waals surface area contributed by atoms with Gasteiger partial charge in [-0.25, -0.2) is 0 Å². The largest absolute Gasteiger partial charge is 0.416 e. The van der Waals surface area contributed by atoms with Gasteiger partial charge in [-0.2, -0.15) is 13.2 Å². The molecule has 0 bridgehead atoms. The summed E-state index contributed by atoms with van der Waals surface area (Å²) in [7, 11) is 0. The van der Waals surface area contributed by atoms with Crippen molar-refractivity contribution in [3.05, 3.63) is 29.8 Å². The van der Waals surface area contributed by atoms with Gasteiger partial charge in [0.15, 0.2) is 5.11 Å². The van der Waals surface area contributed by atoms with E-state index in [2.05, 4.69) is 5.32 Å². The number of hydrogen-bond acceptors (Lipinski definition) is 2. The Morgan fingerprint density at radius 3 is 2.59 bits per heavy atom. The summed E-state index contributed by atoms with van der Waals surface area (Å²) in [4.78, 5) is 3.25. The summed E-state index contributed by atoms with van der Waals surface area (Å²) in [5.74, 6) is 0. The molecule has 3 N–H and O–H groups in total. The lowest BCUT2D eigenvalue weighted by molar-refractivity contribution is -0.904. The minimum Gasteiger partial charge on any atom is -0.391 e. The first kappa shape index (κ1) is 17.0. The van der Waals surface area contributed by atoms with Gasteiger partial charge in [-0.3, -0.25) is 0 Å². The summed E-state index contributed by atoms with van der Waals surface area (Å²) in [6.45, 7) is 4.01. The summed E-state index contributed by atoms with van der Waals surface area (Å²) in [5, 5.41) is 12.2. The van der Waals surface area contributed by atoms with Crippen LogP contribution in [0.5, 0.6) is 0 Å². The van der Waals surface area contributed by atoms with E-state index >= 15 is 0 Å². The van der Waals surface area contributed by atoms with Crippen LogP contribution in [0, 0.1) is 0 Å². The van der Waals surface area contributed by atoms with Crippen LogP contribution >= 0.6 is 12.2 Å². The molecule has 0 saturated carbocycles. The van der Waals surface area contributed by atoms with E-state index in [0.29, 0.717) is 17.3 Å². The molecule has 1 aromatic carbocycles. The van der Waals surface area contributed by atoms with Crippen molar-refractivity contribution in [1.82, 2.24) is 4.90 Å². The molecule has 0 unspecified atom stereocenters. The molecular weight excluding hydrogens is 315 g/mol. The zero-order valence-electron chi connectivity index (χ0n) is 12.0. The van der Waals surface area contributed by atoms with Crippen molar-refractivity contribution in [3.63, 3.8) is 0 Å². The van der Waals surface area contributed by atoms with E-state index in [-0.39, 0.29) is 6.61 Å². The Labute approximate surface area is 132 Å². The molecule has 122 valence electrons. The second-order valence-electron chi connectivity index (χ2n) is 5.22. The average molecular weight is 334 g/mol. The maximum absolute atomic E-state index is 12.7. The molecular formula is C14H19F3N3OS+. The Hall–Kier alpha value is -1.38. The number of halogens is 3. The van der Waals surface area contributed by atoms with Crippen molar-refractivity contribution in [2.75, 3.05) is 44.6 Å². The summed E-state index contributed by atoms with van der Waals surface area (Å²) in [5.41, 5.74) is -0.359. The first-order chi connectivity index (χ1) is 10.4. The van der Waals surface area contributed by atoms with Crippen LogP contribution in [0.2, 0.25) is 0 Å². The summed E-state index contributed by atoms with van der Waals surface area (Å²) < 4.78 is 38.0. The highest BCUT2D eigenvalue weighted by molar-refractivity contribution is 7.80. The monoisotopic (exact) mass is 334 g/mol. The topological polar surface area (TPSA) is 39.9 Å². The summed E-state index contributed by atoms with van der Waals surface area (Å²) >= 11 is 5.27. The van der Waals surface area contributed by atoms with Gasteiger partial charge in [0.25, 0.3) is 0 Å². The van der Waals surface area contributed by atoms with Crippen LogP contribution in [0.4, 0.5) is 18.9 Å². The van der Waals surface area contributed by atoms with Crippen molar-refractivity contribution >= 4 is 23.0 Å². The Morgan fingerprint density at radius 1 is 1.32 bits per heavy atom. The lowest BCUT2D eigenvalue weighted by Gasteiger charge is -2.33. The summed E-state index contributed by atoms with van der Waals surface area (Å²) in [6.07, 6.45) is -4.36. The van der Waals surface area contributed by atoms with Gasteiger partial charge in [0.1, 0.15) is 6.54 Å². The third kappa shape index (κ3) is 4.56. The Bertz CT molecular complexity index is 516. The van der Waals surface area contributed by atoms with Gasteiger partial charge in [-0.15, -0.1) is 0 Å². The zero-order chi connectivity index (χ0) is 16.2. The highest BCUT2D eigenvalue weighted by Crippen LogP contribution is 2.30.